The molecule has 0 spiro atoms. The molecule has 106 valence electrons. The van der Waals surface area contributed by atoms with Gasteiger partial charge in [-0.3, -0.25) is 0 Å². The number of hydrogen-bond acceptors (Lipinski definition) is 4. The number of halogens is 1. The second-order valence-electron chi connectivity index (χ2n) is 4.39. The summed E-state index contributed by atoms with van der Waals surface area (Å²) in [5.41, 5.74) is 0. The van der Waals surface area contributed by atoms with Crippen LogP contribution in [0.2, 0.25) is 5.02 Å². The number of hydrogen-bond donors (Lipinski definition) is 1. The summed E-state index contributed by atoms with van der Waals surface area (Å²) in [5.74, 6) is 0.219. The van der Waals surface area contributed by atoms with E-state index in [1.807, 2.05) is 0 Å². The fourth-order valence-electron chi connectivity index (χ4n) is 2.29. The van der Waals surface area contributed by atoms with E-state index in [9.17, 15) is 13.5 Å². The number of aliphatic hydroxyl groups is 1. The number of nitrogens with zero attached hydrogens (tertiary/aromatic N) is 1. The summed E-state index contributed by atoms with van der Waals surface area (Å²) >= 11 is 5.83. The van der Waals surface area contributed by atoms with E-state index < -0.39 is 10.0 Å². The molecule has 19 heavy (non-hydrogen) atoms. The normalized spacial score (nSPS) is 20.7. The molecule has 0 aromatic heterocycles. The third-order valence-electron chi connectivity index (χ3n) is 3.25. The SMILES string of the molecule is COc1cc(Cl)ccc1S(=O)(=O)N1CCCC1CO. The molecule has 5 nitrogen and oxygen atoms in total. The predicted octanol–water partition coefficient (Wildman–Crippen LogP) is 1.49. The lowest BCUT2D eigenvalue weighted by molar-refractivity contribution is 0.213. The molecule has 2 rings (SSSR count). The van der Waals surface area contributed by atoms with Crippen LogP contribution >= 0.6 is 11.6 Å². The Morgan fingerprint density at radius 1 is 1.53 bits per heavy atom. The maximum atomic E-state index is 12.6. The van der Waals surface area contributed by atoms with Crippen molar-refractivity contribution >= 4 is 21.6 Å². The third-order valence-corrected chi connectivity index (χ3v) is 5.47. The number of benzene rings is 1. The maximum Gasteiger partial charge on any atom is 0.247 e. The molecule has 1 aromatic rings. The van der Waals surface area contributed by atoms with Gasteiger partial charge in [-0.1, -0.05) is 11.6 Å². The van der Waals surface area contributed by atoms with E-state index in [1.165, 1.54) is 29.6 Å². The van der Waals surface area contributed by atoms with Gasteiger partial charge in [-0.25, -0.2) is 8.42 Å². The molecule has 1 N–H and O–H groups in total. The van der Waals surface area contributed by atoms with Crippen LogP contribution in [0.1, 0.15) is 12.8 Å². The monoisotopic (exact) mass is 305 g/mol. The standard InChI is InChI=1S/C12H16ClNO4S/c1-18-11-7-9(13)4-5-12(11)19(16,17)14-6-2-3-10(14)8-15/h4-5,7,10,15H,2-3,6,8H2,1H3. The van der Waals surface area contributed by atoms with Gasteiger partial charge in [-0.2, -0.15) is 4.31 Å². The molecule has 1 aliphatic heterocycles. The molecule has 7 heteroatoms. The van der Waals surface area contributed by atoms with Crippen molar-refractivity contribution in [1.29, 1.82) is 0 Å². The molecule has 1 atom stereocenters. The topological polar surface area (TPSA) is 66.8 Å². The molecular formula is C12H16ClNO4S. The number of ether oxygens (including phenoxy) is 1. The molecule has 1 aliphatic rings. The van der Waals surface area contributed by atoms with Crippen LogP contribution in [-0.2, 0) is 10.0 Å². The van der Waals surface area contributed by atoms with E-state index in [0.717, 1.165) is 6.42 Å². The first kappa shape index (κ1) is 14.6. The van der Waals surface area contributed by atoms with Crippen molar-refractivity contribution in [3.05, 3.63) is 23.2 Å². The molecule has 0 radical (unpaired) electrons. The van der Waals surface area contributed by atoms with Gasteiger partial charge in [0, 0.05) is 23.7 Å². The largest absolute Gasteiger partial charge is 0.495 e. The molecule has 0 bridgehead atoms. The van der Waals surface area contributed by atoms with E-state index in [4.69, 9.17) is 16.3 Å². The highest BCUT2D eigenvalue weighted by molar-refractivity contribution is 7.89. The highest BCUT2D eigenvalue weighted by Crippen LogP contribution is 2.32. The minimum absolute atomic E-state index is 0.0831. The molecule has 0 saturated carbocycles. The average molecular weight is 306 g/mol. The van der Waals surface area contributed by atoms with Gasteiger partial charge in [0.15, 0.2) is 0 Å². The van der Waals surface area contributed by atoms with Gasteiger partial charge in [0.05, 0.1) is 13.7 Å². The zero-order chi connectivity index (χ0) is 14.0. The summed E-state index contributed by atoms with van der Waals surface area (Å²) in [5, 5.41) is 9.67. The van der Waals surface area contributed by atoms with Crippen LogP contribution in [0, 0.1) is 0 Å². The molecule has 0 amide bonds. The molecule has 1 heterocycles. The summed E-state index contributed by atoms with van der Waals surface area (Å²) in [6.07, 6.45) is 1.42. The van der Waals surface area contributed by atoms with Gasteiger partial charge >= 0.3 is 0 Å². The Balaban J connectivity index is 2.45. The number of rotatable bonds is 4. The van der Waals surface area contributed by atoms with E-state index >= 15 is 0 Å². The Morgan fingerprint density at radius 2 is 2.26 bits per heavy atom. The van der Waals surface area contributed by atoms with Gasteiger partial charge in [-0.05, 0) is 25.0 Å². The Morgan fingerprint density at radius 3 is 2.89 bits per heavy atom. The average Bonchev–Trinajstić information content (AvgIpc) is 2.87. The van der Waals surface area contributed by atoms with Crippen molar-refractivity contribution in [2.24, 2.45) is 0 Å². The van der Waals surface area contributed by atoms with Crippen molar-refractivity contribution < 1.29 is 18.3 Å². The summed E-state index contributed by atoms with van der Waals surface area (Å²) in [6.45, 7) is 0.245. The van der Waals surface area contributed by atoms with Crippen molar-refractivity contribution in [3.63, 3.8) is 0 Å². The fourth-order valence-corrected chi connectivity index (χ4v) is 4.27. The van der Waals surface area contributed by atoms with Gasteiger partial charge in [0.25, 0.3) is 0 Å². The van der Waals surface area contributed by atoms with Crippen molar-refractivity contribution in [3.8, 4) is 5.75 Å². The summed E-state index contributed by atoms with van der Waals surface area (Å²) < 4.78 is 31.6. The van der Waals surface area contributed by atoms with Gasteiger partial charge in [0.1, 0.15) is 10.6 Å². The number of aliphatic hydroxyl groups excluding tert-OH is 1. The second kappa shape index (κ2) is 5.66. The van der Waals surface area contributed by atoms with E-state index in [1.54, 1.807) is 0 Å². The van der Waals surface area contributed by atoms with E-state index in [2.05, 4.69) is 0 Å². The van der Waals surface area contributed by atoms with Crippen LogP contribution in [0.25, 0.3) is 0 Å². The van der Waals surface area contributed by atoms with Crippen LogP contribution in [-0.4, -0.2) is 44.1 Å². The Labute approximate surface area is 117 Å². The van der Waals surface area contributed by atoms with Gasteiger partial charge in [0.2, 0.25) is 10.0 Å². The molecule has 0 aliphatic carbocycles. The lowest BCUT2D eigenvalue weighted by Gasteiger charge is -2.23. The van der Waals surface area contributed by atoms with Crippen molar-refractivity contribution in [2.75, 3.05) is 20.3 Å². The van der Waals surface area contributed by atoms with Crippen LogP contribution in [0.3, 0.4) is 0 Å². The maximum absolute atomic E-state index is 12.6. The highest BCUT2D eigenvalue weighted by atomic mass is 35.5. The molecule has 1 saturated heterocycles. The minimum Gasteiger partial charge on any atom is -0.495 e. The fraction of sp³-hybridized carbons (Fsp3) is 0.500. The summed E-state index contributed by atoms with van der Waals surface area (Å²) in [7, 11) is -2.27. The van der Waals surface area contributed by atoms with Crippen LogP contribution in [0.4, 0.5) is 0 Å². The Hall–Kier alpha value is -0.820. The molecular weight excluding hydrogens is 290 g/mol. The van der Waals surface area contributed by atoms with E-state index in [0.29, 0.717) is 18.0 Å². The first-order valence-corrected chi connectivity index (χ1v) is 7.78. The predicted molar refractivity (Wildman–Crippen MR) is 72.0 cm³/mol. The van der Waals surface area contributed by atoms with Crippen LogP contribution in [0.5, 0.6) is 5.75 Å². The quantitative estimate of drug-likeness (QED) is 0.915. The van der Waals surface area contributed by atoms with Crippen molar-refractivity contribution in [2.45, 2.75) is 23.8 Å². The summed E-state index contributed by atoms with van der Waals surface area (Å²) in [6, 6.07) is 4.06. The van der Waals surface area contributed by atoms with Crippen molar-refractivity contribution in [1.82, 2.24) is 4.31 Å². The van der Waals surface area contributed by atoms with Crippen LogP contribution in [0.15, 0.2) is 23.1 Å². The Bertz CT molecular complexity index is 561. The van der Waals surface area contributed by atoms with Gasteiger partial charge < -0.3 is 9.84 Å². The second-order valence-corrected chi connectivity index (χ2v) is 6.68. The van der Waals surface area contributed by atoms with Crippen LogP contribution < -0.4 is 4.74 Å². The molecule has 1 unspecified atom stereocenters. The molecule has 1 fully saturated rings. The lowest BCUT2D eigenvalue weighted by atomic mass is 10.2. The lowest BCUT2D eigenvalue weighted by Crippen LogP contribution is -2.37. The number of methoxy groups -OCH3 is 1. The first-order valence-electron chi connectivity index (χ1n) is 5.97. The van der Waals surface area contributed by atoms with E-state index in [-0.39, 0.29) is 23.3 Å². The smallest absolute Gasteiger partial charge is 0.247 e. The third kappa shape index (κ3) is 2.72. The van der Waals surface area contributed by atoms with Gasteiger partial charge in [-0.15, -0.1) is 0 Å². The zero-order valence-electron chi connectivity index (χ0n) is 10.5. The number of sulfonamides is 1. The summed E-state index contributed by atoms with van der Waals surface area (Å²) in [4.78, 5) is 0.0831. The highest BCUT2D eigenvalue weighted by Gasteiger charge is 2.36. The Kier molecular flexibility index (Phi) is 4.35. The minimum atomic E-state index is -3.67. The molecule has 1 aromatic carbocycles. The zero-order valence-corrected chi connectivity index (χ0v) is 12.1. The first-order chi connectivity index (χ1) is 9.00.